The van der Waals surface area contributed by atoms with Crippen LogP contribution in [0.4, 0.5) is 0 Å². The van der Waals surface area contributed by atoms with Gasteiger partial charge in [-0.05, 0) is 24.5 Å². The van der Waals surface area contributed by atoms with E-state index < -0.39 is 21.5 Å². The van der Waals surface area contributed by atoms with Gasteiger partial charge in [0.2, 0.25) is 15.9 Å². The van der Waals surface area contributed by atoms with Crippen LogP contribution in [0.15, 0.2) is 23.1 Å². The van der Waals surface area contributed by atoms with Gasteiger partial charge in [-0.15, -0.1) is 0 Å². The highest BCUT2D eigenvalue weighted by atomic mass is 32.2. The quantitative estimate of drug-likeness (QED) is 0.862. The predicted octanol–water partition coefficient (Wildman–Crippen LogP) is 0.814. The molecule has 22 heavy (non-hydrogen) atoms. The monoisotopic (exact) mass is 324 g/mol. The van der Waals surface area contributed by atoms with Crippen LogP contribution in [-0.2, 0) is 21.2 Å². The molecular formula is C15H20N2O4S. The van der Waals surface area contributed by atoms with Crippen molar-refractivity contribution in [3.05, 3.63) is 23.8 Å². The molecule has 0 radical (unpaired) electrons. The lowest BCUT2D eigenvalue weighted by molar-refractivity contribution is -0.121. The summed E-state index contributed by atoms with van der Waals surface area (Å²) in [5, 5.41) is 2.70. The summed E-state index contributed by atoms with van der Waals surface area (Å²) >= 11 is 0. The van der Waals surface area contributed by atoms with Gasteiger partial charge in [0.15, 0.2) is 0 Å². The first kappa shape index (κ1) is 15.3. The minimum Gasteiger partial charge on any atom is -0.492 e. The maximum Gasteiger partial charge on any atom is 0.245 e. The number of aryl methyl sites for hydroxylation is 1. The first-order valence-electron chi connectivity index (χ1n) is 7.36. The average Bonchev–Trinajstić information content (AvgIpc) is 2.73. The van der Waals surface area contributed by atoms with Crippen molar-refractivity contribution in [1.29, 1.82) is 0 Å². The van der Waals surface area contributed by atoms with E-state index in [-0.39, 0.29) is 10.8 Å². The second-order valence-corrected chi connectivity index (χ2v) is 8.14. The number of benzene rings is 1. The van der Waals surface area contributed by atoms with E-state index in [1.54, 1.807) is 6.07 Å². The van der Waals surface area contributed by atoms with Crippen LogP contribution < -0.4 is 14.8 Å². The summed E-state index contributed by atoms with van der Waals surface area (Å²) in [6.07, 6.45) is 1.68. The van der Waals surface area contributed by atoms with E-state index in [4.69, 9.17) is 4.74 Å². The van der Waals surface area contributed by atoms with Crippen LogP contribution in [0, 0.1) is 5.41 Å². The molecule has 6 nitrogen and oxygen atoms in total. The van der Waals surface area contributed by atoms with Crippen molar-refractivity contribution in [3.8, 4) is 5.75 Å². The van der Waals surface area contributed by atoms with Gasteiger partial charge in [0.05, 0.1) is 6.61 Å². The van der Waals surface area contributed by atoms with E-state index in [1.807, 2.05) is 19.9 Å². The fraction of sp³-hybridized carbons (Fsp3) is 0.533. The molecule has 2 N–H and O–H groups in total. The van der Waals surface area contributed by atoms with Crippen molar-refractivity contribution in [1.82, 2.24) is 10.0 Å². The molecule has 0 saturated carbocycles. The Morgan fingerprint density at radius 2 is 2.14 bits per heavy atom. The molecule has 0 aromatic heterocycles. The molecular weight excluding hydrogens is 304 g/mol. The van der Waals surface area contributed by atoms with E-state index in [0.29, 0.717) is 18.9 Å². The van der Waals surface area contributed by atoms with Crippen molar-refractivity contribution < 1.29 is 17.9 Å². The van der Waals surface area contributed by atoms with Gasteiger partial charge in [-0.25, -0.2) is 8.42 Å². The van der Waals surface area contributed by atoms with Crippen LogP contribution >= 0.6 is 0 Å². The molecule has 3 rings (SSSR count). The summed E-state index contributed by atoms with van der Waals surface area (Å²) in [6.45, 7) is 4.67. The molecule has 0 spiro atoms. The van der Waals surface area contributed by atoms with Crippen LogP contribution in [0.3, 0.4) is 0 Å². The minimum atomic E-state index is -3.82. The van der Waals surface area contributed by atoms with Crippen molar-refractivity contribution in [2.45, 2.75) is 37.6 Å². The number of nitrogens with one attached hydrogen (secondary N) is 2. The Labute approximate surface area is 130 Å². The zero-order chi connectivity index (χ0) is 16.0. The van der Waals surface area contributed by atoms with Gasteiger partial charge >= 0.3 is 0 Å². The van der Waals surface area contributed by atoms with E-state index in [9.17, 15) is 13.2 Å². The van der Waals surface area contributed by atoms with Crippen molar-refractivity contribution in [2.75, 3.05) is 13.2 Å². The smallest absolute Gasteiger partial charge is 0.245 e. The standard InChI is InChI=1S/C15H20N2O4S/c1-15(2)9-16-14(18)13(15)17-22(19,20)11-7-3-5-10-6-4-8-21-12(10)11/h3,5,7,13,17H,4,6,8-9H2,1-2H3,(H,16,18). The first-order valence-corrected chi connectivity index (χ1v) is 8.84. The molecule has 2 heterocycles. The number of para-hydroxylation sites is 1. The third-order valence-electron chi connectivity index (χ3n) is 4.22. The van der Waals surface area contributed by atoms with Crippen LogP contribution in [0.25, 0.3) is 0 Å². The van der Waals surface area contributed by atoms with Gasteiger partial charge in [0.1, 0.15) is 16.7 Å². The molecule has 1 unspecified atom stereocenters. The number of hydrogen-bond acceptors (Lipinski definition) is 4. The van der Waals surface area contributed by atoms with Gasteiger partial charge in [-0.3, -0.25) is 4.79 Å². The molecule has 1 atom stereocenters. The molecule has 1 fully saturated rings. The summed E-state index contributed by atoms with van der Waals surface area (Å²) in [6, 6.07) is 4.32. The van der Waals surface area contributed by atoms with Gasteiger partial charge in [-0.1, -0.05) is 26.0 Å². The van der Waals surface area contributed by atoms with Crippen molar-refractivity contribution in [3.63, 3.8) is 0 Å². The molecule has 1 aromatic carbocycles. The number of fused-ring (bicyclic) bond motifs is 1. The normalized spacial score (nSPS) is 23.5. The molecule has 2 aliphatic heterocycles. The molecule has 1 amide bonds. The molecule has 1 saturated heterocycles. The summed E-state index contributed by atoms with van der Waals surface area (Å²) in [5.74, 6) is 0.122. The van der Waals surface area contributed by atoms with Gasteiger partial charge in [-0.2, -0.15) is 4.72 Å². The fourth-order valence-electron chi connectivity index (χ4n) is 2.88. The Morgan fingerprint density at radius 1 is 1.36 bits per heavy atom. The summed E-state index contributed by atoms with van der Waals surface area (Å²) in [5.41, 5.74) is 0.420. The van der Waals surface area contributed by atoms with E-state index >= 15 is 0 Å². The summed E-state index contributed by atoms with van der Waals surface area (Å²) in [4.78, 5) is 12.0. The maximum absolute atomic E-state index is 12.7. The number of amides is 1. The lowest BCUT2D eigenvalue weighted by Gasteiger charge is -2.26. The molecule has 120 valence electrons. The lowest BCUT2D eigenvalue weighted by atomic mass is 9.88. The Bertz CT molecular complexity index is 712. The second kappa shape index (κ2) is 5.24. The molecule has 0 bridgehead atoms. The summed E-state index contributed by atoms with van der Waals surface area (Å²) in [7, 11) is -3.82. The molecule has 1 aromatic rings. The SMILES string of the molecule is CC1(C)CNC(=O)C1NS(=O)(=O)c1cccc2c1OCCC2. The molecule has 2 aliphatic rings. The van der Waals surface area contributed by atoms with Crippen LogP contribution in [0.2, 0.25) is 0 Å². The topological polar surface area (TPSA) is 84.5 Å². The number of hydrogen-bond donors (Lipinski definition) is 2. The van der Waals surface area contributed by atoms with Gasteiger partial charge < -0.3 is 10.1 Å². The van der Waals surface area contributed by atoms with Gasteiger partial charge in [0, 0.05) is 12.0 Å². The fourth-order valence-corrected chi connectivity index (χ4v) is 4.43. The Balaban J connectivity index is 1.96. The zero-order valence-corrected chi connectivity index (χ0v) is 13.5. The second-order valence-electron chi connectivity index (χ2n) is 6.46. The highest BCUT2D eigenvalue weighted by Crippen LogP contribution is 2.33. The van der Waals surface area contributed by atoms with Crippen LogP contribution in [-0.4, -0.2) is 33.5 Å². The predicted molar refractivity (Wildman–Crippen MR) is 81.2 cm³/mol. The van der Waals surface area contributed by atoms with Crippen molar-refractivity contribution >= 4 is 15.9 Å². The summed E-state index contributed by atoms with van der Waals surface area (Å²) < 4.78 is 33.6. The third-order valence-corrected chi connectivity index (χ3v) is 5.67. The number of ether oxygens (including phenoxy) is 1. The highest BCUT2D eigenvalue weighted by molar-refractivity contribution is 7.89. The Hall–Kier alpha value is -1.60. The average molecular weight is 324 g/mol. The van der Waals surface area contributed by atoms with Crippen molar-refractivity contribution in [2.24, 2.45) is 5.41 Å². The highest BCUT2D eigenvalue weighted by Gasteiger charge is 2.44. The van der Waals surface area contributed by atoms with Crippen LogP contribution in [0.5, 0.6) is 5.75 Å². The zero-order valence-electron chi connectivity index (χ0n) is 12.7. The number of sulfonamides is 1. The molecule has 7 heteroatoms. The van der Waals surface area contributed by atoms with E-state index in [1.165, 1.54) is 6.07 Å². The maximum atomic E-state index is 12.7. The van der Waals surface area contributed by atoms with E-state index in [0.717, 1.165) is 18.4 Å². The largest absolute Gasteiger partial charge is 0.492 e. The lowest BCUT2D eigenvalue weighted by Crippen LogP contribution is -2.46. The van der Waals surface area contributed by atoms with E-state index in [2.05, 4.69) is 10.0 Å². The number of carbonyl (C=O) groups is 1. The van der Waals surface area contributed by atoms with Gasteiger partial charge in [0.25, 0.3) is 0 Å². The number of rotatable bonds is 3. The molecule has 0 aliphatic carbocycles. The minimum absolute atomic E-state index is 0.111. The number of carbonyl (C=O) groups excluding carboxylic acids is 1. The van der Waals surface area contributed by atoms with Crippen LogP contribution in [0.1, 0.15) is 25.8 Å². The Kier molecular flexibility index (Phi) is 3.65. The first-order chi connectivity index (χ1) is 10.3. The Morgan fingerprint density at radius 3 is 2.82 bits per heavy atom. The third kappa shape index (κ3) is 2.59.